The van der Waals surface area contributed by atoms with Crippen LogP contribution in [0.5, 0.6) is 0 Å². The van der Waals surface area contributed by atoms with Crippen LogP contribution in [0.15, 0.2) is 0 Å². The second-order valence-corrected chi connectivity index (χ2v) is 7.62. The van der Waals surface area contributed by atoms with Gasteiger partial charge in [-0.15, -0.1) is 11.8 Å². The lowest BCUT2D eigenvalue weighted by atomic mass is 10.00. The fourth-order valence-corrected chi connectivity index (χ4v) is 4.57. The van der Waals surface area contributed by atoms with E-state index in [1.165, 1.54) is 6.92 Å². The molecule has 0 unspecified atom stereocenters. The van der Waals surface area contributed by atoms with E-state index in [1.54, 1.807) is 21.6 Å². The molecule has 0 aromatic rings. The van der Waals surface area contributed by atoms with Gasteiger partial charge in [0.1, 0.15) is 12.1 Å². The number of likely N-dealkylation sites (tertiary alicyclic amines) is 1. The van der Waals surface area contributed by atoms with Crippen molar-refractivity contribution in [2.24, 2.45) is 11.5 Å². The Morgan fingerprint density at radius 2 is 1.83 bits per heavy atom. The predicted molar refractivity (Wildman–Crippen MR) is 87.4 cm³/mol. The van der Waals surface area contributed by atoms with Crippen LogP contribution >= 0.6 is 11.8 Å². The summed E-state index contributed by atoms with van der Waals surface area (Å²) in [5.74, 6) is 0.322. The lowest BCUT2D eigenvalue weighted by Gasteiger charge is -2.45. The Hall–Kier alpha value is -0.870. The van der Waals surface area contributed by atoms with Gasteiger partial charge in [-0.05, 0) is 19.8 Å². The van der Waals surface area contributed by atoms with Gasteiger partial charge in [-0.1, -0.05) is 0 Å². The normalized spacial score (nSPS) is 24.6. The maximum Gasteiger partial charge on any atom is 0.243 e. The molecular formula is C14H26N4O4S. The molecule has 2 amide bonds. The number of carbonyl (C=O) groups excluding carboxylic acids is 2. The van der Waals surface area contributed by atoms with Crippen LogP contribution in [-0.4, -0.2) is 86.9 Å². The van der Waals surface area contributed by atoms with E-state index in [4.69, 9.17) is 16.6 Å². The molecule has 2 fully saturated rings. The topological polar surface area (TPSA) is 133 Å². The van der Waals surface area contributed by atoms with Crippen LogP contribution in [0, 0.1) is 0 Å². The minimum Gasteiger partial charge on any atom is -0.394 e. The Morgan fingerprint density at radius 1 is 1.22 bits per heavy atom. The molecule has 2 saturated heterocycles. The lowest BCUT2D eigenvalue weighted by Crippen LogP contribution is -2.59. The number of nitrogens with zero attached hydrogens (tertiary/aromatic N) is 2. The number of hydrogen-bond donors (Lipinski definition) is 4. The number of thioether (sulfide) groups is 1. The van der Waals surface area contributed by atoms with E-state index in [0.29, 0.717) is 32.5 Å². The maximum atomic E-state index is 12.5. The van der Waals surface area contributed by atoms with Crippen molar-refractivity contribution in [3.8, 4) is 0 Å². The number of aliphatic hydroxyl groups excluding tert-OH is 2. The van der Waals surface area contributed by atoms with Gasteiger partial charge in [-0.25, -0.2) is 0 Å². The van der Waals surface area contributed by atoms with Gasteiger partial charge in [-0.2, -0.15) is 0 Å². The quantitative estimate of drug-likeness (QED) is 0.458. The van der Waals surface area contributed by atoms with E-state index in [1.807, 2.05) is 0 Å². The third-order valence-corrected chi connectivity index (χ3v) is 6.17. The van der Waals surface area contributed by atoms with Gasteiger partial charge in [-0.3, -0.25) is 9.59 Å². The van der Waals surface area contributed by atoms with Crippen molar-refractivity contribution in [2.45, 2.75) is 42.8 Å². The number of aliphatic hydroxyl groups is 2. The van der Waals surface area contributed by atoms with E-state index in [9.17, 15) is 14.7 Å². The smallest absolute Gasteiger partial charge is 0.243 e. The zero-order chi connectivity index (χ0) is 17.2. The highest BCUT2D eigenvalue weighted by atomic mass is 32.2. The van der Waals surface area contributed by atoms with E-state index in [-0.39, 0.29) is 23.3 Å². The number of nitrogens with two attached hydrogens (primary N) is 2. The van der Waals surface area contributed by atoms with Gasteiger partial charge < -0.3 is 31.5 Å². The Kier molecular flexibility index (Phi) is 5.90. The van der Waals surface area contributed by atoms with Crippen LogP contribution in [0.2, 0.25) is 0 Å². The van der Waals surface area contributed by atoms with E-state index in [2.05, 4.69) is 0 Å². The van der Waals surface area contributed by atoms with Gasteiger partial charge >= 0.3 is 0 Å². The fourth-order valence-electron chi connectivity index (χ4n) is 3.11. The fraction of sp³-hybridized carbons (Fsp3) is 0.857. The number of carbonyl (C=O) groups is 2. The molecule has 2 rings (SSSR count). The second-order valence-electron chi connectivity index (χ2n) is 6.17. The molecule has 0 aliphatic carbocycles. The van der Waals surface area contributed by atoms with Crippen LogP contribution in [0.25, 0.3) is 0 Å². The minimum atomic E-state index is -0.923. The van der Waals surface area contributed by atoms with Crippen molar-refractivity contribution in [3.05, 3.63) is 0 Å². The molecule has 2 aliphatic heterocycles. The van der Waals surface area contributed by atoms with Crippen LogP contribution in [0.3, 0.4) is 0 Å². The third kappa shape index (κ3) is 3.63. The zero-order valence-electron chi connectivity index (χ0n) is 13.4. The molecule has 0 aromatic heterocycles. The summed E-state index contributed by atoms with van der Waals surface area (Å²) >= 11 is 1.71. The maximum absolute atomic E-state index is 12.5. The number of piperidine rings is 1. The van der Waals surface area contributed by atoms with E-state index >= 15 is 0 Å². The first-order valence-corrected chi connectivity index (χ1v) is 8.85. The Morgan fingerprint density at radius 3 is 2.35 bits per heavy atom. The summed E-state index contributed by atoms with van der Waals surface area (Å²) in [6, 6.07) is -1.81. The van der Waals surface area contributed by atoms with Crippen LogP contribution in [-0.2, 0) is 9.59 Å². The highest BCUT2D eigenvalue weighted by Crippen LogP contribution is 2.44. The van der Waals surface area contributed by atoms with Crippen molar-refractivity contribution in [3.63, 3.8) is 0 Å². The van der Waals surface area contributed by atoms with E-state index in [0.717, 1.165) is 5.75 Å². The summed E-state index contributed by atoms with van der Waals surface area (Å²) in [6.07, 6.45) is 0.383. The molecule has 8 nitrogen and oxygen atoms in total. The minimum absolute atomic E-state index is 0.239. The molecule has 1 spiro atoms. The Balaban J connectivity index is 2.03. The highest BCUT2D eigenvalue weighted by Gasteiger charge is 2.48. The van der Waals surface area contributed by atoms with E-state index < -0.39 is 18.2 Å². The standard InChI is InChI=1S/C14H26N4O4S/c1-9(20)11(16)13(22)18-6-7-23-14(18)2-4-17(5-3-14)12(21)10(15)8-19/h9-11,19-20H,2-8,15-16H2,1H3/t9-,10+,11+/m1/s1. The molecule has 2 heterocycles. The van der Waals surface area contributed by atoms with Gasteiger partial charge in [0.2, 0.25) is 11.8 Å². The molecule has 9 heteroatoms. The molecule has 0 aromatic carbocycles. The van der Waals surface area contributed by atoms with Crippen molar-refractivity contribution in [1.82, 2.24) is 9.80 Å². The van der Waals surface area contributed by atoms with Gasteiger partial charge in [0, 0.05) is 25.4 Å². The average molecular weight is 346 g/mol. The number of rotatable bonds is 4. The van der Waals surface area contributed by atoms with Crippen molar-refractivity contribution in [1.29, 1.82) is 0 Å². The predicted octanol–water partition coefficient (Wildman–Crippen LogP) is -2.09. The largest absolute Gasteiger partial charge is 0.394 e. The first-order chi connectivity index (χ1) is 10.8. The van der Waals surface area contributed by atoms with Gasteiger partial charge in [0.05, 0.1) is 17.6 Å². The van der Waals surface area contributed by atoms with Crippen molar-refractivity contribution < 1.29 is 19.8 Å². The molecular weight excluding hydrogens is 320 g/mol. The Labute approximate surface area is 140 Å². The molecule has 0 bridgehead atoms. The lowest BCUT2D eigenvalue weighted by molar-refractivity contribution is -0.140. The molecule has 2 aliphatic rings. The molecule has 6 N–H and O–H groups in total. The highest BCUT2D eigenvalue weighted by molar-refractivity contribution is 8.00. The molecule has 3 atom stereocenters. The molecule has 132 valence electrons. The first-order valence-electron chi connectivity index (χ1n) is 7.87. The van der Waals surface area contributed by atoms with Gasteiger partial charge in [0.25, 0.3) is 0 Å². The Bertz CT molecular complexity index is 454. The number of hydrogen-bond acceptors (Lipinski definition) is 7. The van der Waals surface area contributed by atoms with Crippen LogP contribution in [0.1, 0.15) is 19.8 Å². The molecule has 0 radical (unpaired) electrons. The summed E-state index contributed by atoms with van der Waals surface area (Å²) in [5.41, 5.74) is 11.4. The summed E-state index contributed by atoms with van der Waals surface area (Å²) in [4.78, 5) is 27.6. The average Bonchev–Trinajstić information content (AvgIpc) is 2.95. The summed E-state index contributed by atoms with van der Waals surface area (Å²) in [5, 5.41) is 18.6. The van der Waals surface area contributed by atoms with Crippen molar-refractivity contribution in [2.75, 3.05) is 32.0 Å². The first kappa shape index (κ1) is 18.5. The SMILES string of the molecule is C[C@@H](O)[C@H](N)C(=O)N1CCSC12CCN(C(=O)[C@@H](N)CO)CC2. The van der Waals surface area contributed by atoms with Crippen LogP contribution < -0.4 is 11.5 Å². The summed E-state index contributed by atoms with van der Waals surface area (Å²) in [7, 11) is 0. The zero-order valence-corrected chi connectivity index (χ0v) is 14.2. The summed E-state index contributed by atoms with van der Waals surface area (Å²) in [6.45, 7) is 2.73. The molecule has 0 saturated carbocycles. The second kappa shape index (κ2) is 7.35. The third-order valence-electron chi connectivity index (χ3n) is 4.62. The monoisotopic (exact) mass is 346 g/mol. The van der Waals surface area contributed by atoms with Gasteiger partial charge in [0.15, 0.2) is 0 Å². The molecule has 23 heavy (non-hydrogen) atoms. The van der Waals surface area contributed by atoms with Crippen LogP contribution in [0.4, 0.5) is 0 Å². The van der Waals surface area contributed by atoms with Crippen molar-refractivity contribution >= 4 is 23.6 Å². The summed E-state index contributed by atoms with van der Waals surface area (Å²) < 4.78 is 0. The number of amides is 2.